The van der Waals surface area contributed by atoms with Gasteiger partial charge in [-0.15, -0.1) is 0 Å². The quantitative estimate of drug-likeness (QED) is 0.787. The zero-order chi connectivity index (χ0) is 14.4. The summed E-state index contributed by atoms with van der Waals surface area (Å²) >= 11 is 0. The minimum atomic E-state index is 0.499. The summed E-state index contributed by atoms with van der Waals surface area (Å²) in [6.07, 6.45) is 0. The first-order chi connectivity index (χ1) is 8.90. The Morgan fingerprint density at radius 1 is 0.947 bits per heavy atom. The van der Waals surface area contributed by atoms with Crippen molar-refractivity contribution in [1.29, 1.82) is 0 Å². The first-order valence-corrected chi connectivity index (χ1v) is 7.41. The van der Waals surface area contributed by atoms with Crippen molar-refractivity contribution in [3.8, 4) is 0 Å². The number of benzene rings is 1. The SMILES string of the molecule is Cc1cc(C)c(CNC(C)CNCC(C)C)c(C)c1. The maximum atomic E-state index is 3.61. The van der Waals surface area contributed by atoms with Gasteiger partial charge in [-0.3, -0.25) is 0 Å². The molecule has 2 heteroatoms. The third kappa shape index (κ3) is 5.75. The number of hydrogen-bond acceptors (Lipinski definition) is 2. The molecule has 0 aromatic heterocycles. The van der Waals surface area contributed by atoms with Gasteiger partial charge in [0.05, 0.1) is 0 Å². The van der Waals surface area contributed by atoms with Gasteiger partial charge in [-0.05, 0) is 56.8 Å². The summed E-state index contributed by atoms with van der Waals surface area (Å²) in [4.78, 5) is 0. The normalized spacial score (nSPS) is 13.0. The van der Waals surface area contributed by atoms with E-state index in [0.717, 1.165) is 19.6 Å². The molecular weight excluding hydrogens is 232 g/mol. The monoisotopic (exact) mass is 262 g/mol. The molecule has 0 bridgehead atoms. The fraction of sp³-hybridized carbons (Fsp3) is 0.647. The average molecular weight is 262 g/mol. The van der Waals surface area contributed by atoms with E-state index in [1.807, 2.05) is 0 Å². The third-order valence-electron chi connectivity index (χ3n) is 3.47. The Hall–Kier alpha value is -0.860. The van der Waals surface area contributed by atoms with E-state index in [1.54, 1.807) is 0 Å². The molecule has 1 atom stereocenters. The molecule has 0 spiro atoms. The van der Waals surface area contributed by atoms with Crippen molar-refractivity contribution in [2.24, 2.45) is 5.92 Å². The van der Waals surface area contributed by atoms with E-state index in [-0.39, 0.29) is 0 Å². The predicted octanol–water partition coefficient (Wildman–Crippen LogP) is 3.34. The minimum Gasteiger partial charge on any atom is -0.315 e. The van der Waals surface area contributed by atoms with Crippen molar-refractivity contribution in [3.63, 3.8) is 0 Å². The molecule has 0 aliphatic carbocycles. The Morgan fingerprint density at radius 3 is 2.05 bits per heavy atom. The average Bonchev–Trinajstić information content (AvgIpc) is 2.26. The molecule has 0 saturated heterocycles. The van der Waals surface area contributed by atoms with E-state index in [1.165, 1.54) is 22.3 Å². The number of hydrogen-bond donors (Lipinski definition) is 2. The summed E-state index contributed by atoms with van der Waals surface area (Å²) in [6.45, 7) is 16.4. The van der Waals surface area contributed by atoms with Crippen LogP contribution in [-0.4, -0.2) is 19.1 Å². The van der Waals surface area contributed by atoms with Crippen LogP contribution >= 0.6 is 0 Å². The molecule has 2 nitrogen and oxygen atoms in total. The zero-order valence-corrected chi connectivity index (χ0v) is 13.4. The number of rotatable bonds is 7. The first kappa shape index (κ1) is 16.2. The van der Waals surface area contributed by atoms with Gasteiger partial charge in [0.2, 0.25) is 0 Å². The Bertz CT molecular complexity index is 373. The van der Waals surface area contributed by atoms with Crippen molar-refractivity contribution in [1.82, 2.24) is 10.6 Å². The largest absolute Gasteiger partial charge is 0.315 e. The van der Waals surface area contributed by atoms with Crippen LogP contribution in [-0.2, 0) is 6.54 Å². The van der Waals surface area contributed by atoms with Gasteiger partial charge in [0.15, 0.2) is 0 Å². The maximum absolute atomic E-state index is 3.61. The van der Waals surface area contributed by atoms with Gasteiger partial charge in [-0.1, -0.05) is 31.5 Å². The van der Waals surface area contributed by atoms with Gasteiger partial charge in [0.1, 0.15) is 0 Å². The van der Waals surface area contributed by atoms with Crippen molar-refractivity contribution >= 4 is 0 Å². The zero-order valence-electron chi connectivity index (χ0n) is 13.4. The van der Waals surface area contributed by atoms with Gasteiger partial charge in [0.25, 0.3) is 0 Å². The van der Waals surface area contributed by atoms with Crippen LogP contribution in [0.1, 0.15) is 43.0 Å². The van der Waals surface area contributed by atoms with Gasteiger partial charge < -0.3 is 10.6 Å². The van der Waals surface area contributed by atoms with Gasteiger partial charge in [-0.25, -0.2) is 0 Å². The molecule has 0 amide bonds. The van der Waals surface area contributed by atoms with E-state index < -0.39 is 0 Å². The fourth-order valence-electron chi connectivity index (χ4n) is 2.43. The smallest absolute Gasteiger partial charge is 0.0213 e. The molecule has 0 aliphatic heterocycles. The topological polar surface area (TPSA) is 24.1 Å². The van der Waals surface area contributed by atoms with Crippen LogP contribution in [0, 0.1) is 26.7 Å². The van der Waals surface area contributed by atoms with Crippen molar-refractivity contribution in [2.75, 3.05) is 13.1 Å². The van der Waals surface area contributed by atoms with Crippen molar-refractivity contribution in [3.05, 3.63) is 34.4 Å². The Morgan fingerprint density at radius 2 is 1.53 bits per heavy atom. The van der Waals surface area contributed by atoms with Crippen LogP contribution in [0.4, 0.5) is 0 Å². The van der Waals surface area contributed by atoms with Crippen molar-refractivity contribution in [2.45, 2.75) is 54.1 Å². The summed E-state index contributed by atoms with van der Waals surface area (Å²) in [6, 6.07) is 5.04. The highest BCUT2D eigenvalue weighted by Gasteiger charge is 2.06. The number of aryl methyl sites for hydroxylation is 3. The third-order valence-corrected chi connectivity index (χ3v) is 3.47. The molecule has 0 radical (unpaired) electrons. The summed E-state index contributed by atoms with van der Waals surface area (Å²) in [5, 5.41) is 7.11. The number of nitrogens with one attached hydrogen (secondary N) is 2. The molecule has 1 rings (SSSR count). The highest BCUT2D eigenvalue weighted by Crippen LogP contribution is 2.16. The fourth-order valence-corrected chi connectivity index (χ4v) is 2.43. The molecule has 2 N–H and O–H groups in total. The minimum absolute atomic E-state index is 0.499. The Labute approximate surface area is 119 Å². The van der Waals surface area contributed by atoms with Crippen LogP contribution < -0.4 is 10.6 Å². The molecule has 108 valence electrons. The second kappa shape index (κ2) is 7.66. The van der Waals surface area contributed by atoms with E-state index in [2.05, 4.69) is 64.3 Å². The standard InChI is InChI=1S/C17H30N2/c1-12(2)9-18-10-16(6)19-11-17-14(4)7-13(3)8-15(17)5/h7-8,12,16,18-19H,9-11H2,1-6H3. The van der Waals surface area contributed by atoms with Crippen LogP contribution in [0.15, 0.2) is 12.1 Å². The lowest BCUT2D eigenvalue weighted by Gasteiger charge is -2.18. The lowest BCUT2D eigenvalue weighted by atomic mass is 9.99. The Kier molecular flexibility index (Phi) is 6.53. The highest BCUT2D eigenvalue weighted by atomic mass is 15.0. The van der Waals surface area contributed by atoms with E-state index in [4.69, 9.17) is 0 Å². The van der Waals surface area contributed by atoms with Crippen LogP contribution in [0.3, 0.4) is 0 Å². The van der Waals surface area contributed by atoms with Crippen LogP contribution in [0.5, 0.6) is 0 Å². The molecule has 0 saturated carbocycles. The second-order valence-corrected chi connectivity index (χ2v) is 6.21. The summed E-state index contributed by atoms with van der Waals surface area (Å²) < 4.78 is 0. The van der Waals surface area contributed by atoms with Gasteiger partial charge in [0, 0.05) is 19.1 Å². The molecule has 19 heavy (non-hydrogen) atoms. The van der Waals surface area contributed by atoms with Gasteiger partial charge >= 0.3 is 0 Å². The van der Waals surface area contributed by atoms with Crippen LogP contribution in [0.25, 0.3) is 0 Å². The summed E-state index contributed by atoms with van der Waals surface area (Å²) in [5.41, 5.74) is 5.59. The van der Waals surface area contributed by atoms with E-state index in [9.17, 15) is 0 Å². The molecular formula is C17H30N2. The lowest BCUT2D eigenvalue weighted by molar-refractivity contribution is 0.471. The molecule has 0 fully saturated rings. The lowest BCUT2D eigenvalue weighted by Crippen LogP contribution is -2.37. The van der Waals surface area contributed by atoms with Crippen LogP contribution in [0.2, 0.25) is 0 Å². The first-order valence-electron chi connectivity index (χ1n) is 7.41. The van der Waals surface area contributed by atoms with Gasteiger partial charge in [-0.2, -0.15) is 0 Å². The molecule has 0 aliphatic rings. The van der Waals surface area contributed by atoms with E-state index in [0.29, 0.717) is 12.0 Å². The Balaban J connectivity index is 2.44. The van der Waals surface area contributed by atoms with E-state index >= 15 is 0 Å². The highest BCUT2D eigenvalue weighted by molar-refractivity contribution is 5.37. The molecule has 1 aromatic carbocycles. The molecule has 1 unspecified atom stereocenters. The molecule has 0 heterocycles. The molecule has 1 aromatic rings. The van der Waals surface area contributed by atoms with Crippen molar-refractivity contribution < 1.29 is 0 Å². The summed E-state index contributed by atoms with van der Waals surface area (Å²) in [7, 11) is 0. The second-order valence-electron chi connectivity index (χ2n) is 6.21. The predicted molar refractivity (Wildman–Crippen MR) is 84.7 cm³/mol. The summed E-state index contributed by atoms with van der Waals surface area (Å²) in [5.74, 6) is 0.716. The maximum Gasteiger partial charge on any atom is 0.0213 e.